The first kappa shape index (κ1) is 13.3. The lowest BCUT2D eigenvalue weighted by Crippen LogP contribution is -1.97. The van der Waals surface area contributed by atoms with Crippen LogP contribution in [0.5, 0.6) is 0 Å². The van der Waals surface area contributed by atoms with Crippen molar-refractivity contribution < 1.29 is 0 Å². The second-order valence-corrected chi connectivity index (χ2v) is 5.69. The summed E-state index contributed by atoms with van der Waals surface area (Å²) in [7, 11) is 1.87. The molecule has 0 bridgehead atoms. The van der Waals surface area contributed by atoms with Crippen LogP contribution in [0.4, 0.5) is 0 Å². The molecule has 3 nitrogen and oxygen atoms in total. The van der Waals surface area contributed by atoms with Gasteiger partial charge in [-0.1, -0.05) is 46.3 Å². The first-order valence-corrected chi connectivity index (χ1v) is 7.34. The molecule has 0 spiro atoms. The van der Waals surface area contributed by atoms with Crippen LogP contribution in [0, 0.1) is 4.77 Å². The minimum absolute atomic E-state index is 0.672. The maximum atomic E-state index is 5.48. The van der Waals surface area contributed by atoms with Crippen LogP contribution < -0.4 is 0 Å². The van der Waals surface area contributed by atoms with E-state index in [1.165, 1.54) is 0 Å². The third-order valence-electron chi connectivity index (χ3n) is 3.04. The van der Waals surface area contributed by atoms with Crippen LogP contribution in [0.3, 0.4) is 0 Å². The maximum Gasteiger partial charge on any atom is 0.202 e. The van der Waals surface area contributed by atoms with Gasteiger partial charge in [0, 0.05) is 17.1 Å². The number of nitrogens with zero attached hydrogens (tertiary/aromatic N) is 3. The van der Waals surface area contributed by atoms with Gasteiger partial charge in [-0.15, -0.1) is 0 Å². The van der Waals surface area contributed by atoms with Crippen LogP contribution in [0.25, 0.3) is 17.1 Å². The number of hydrogen-bond acceptors (Lipinski definition) is 2. The molecule has 0 unspecified atom stereocenters. The van der Waals surface area contributed by atoms with Crippen LogP contribution in [0.1, 0.15) is 0 Å². The number of halogens is 1. The molecule has 0 amide bonds. The Morgan fingerprint density at radius 3 is 2.30 bits per heavy atom. The van der Waals surface area contributed by atoms with Gasteiger partial charge in [0.15, 0.2) is 5.82 Å². The number of aryl methyl sites for hydroxylation is 1. The molecule has 0 radical (unpaired) electrons. The lowest BCUT2D eigenvalue weighted by molar-refractivity contribution is 0.750. The van der Waals surface area contributed by atoms with Gasteiger partial charge in [-0.3, -0.25) is 4.57 Å². The Morgan fingerprint density at radius 2 is 1.65 bits per heavy atom. The molecular weight excluding hydrogens is 334 g/mol. The smallest absolute Gasteiger partial charge is 0.202 e. The zero-order chi connectivity index (χ0) is 14.1. The first-order valence-electron chi connectivity index (χ1n) is 6.14. The van der Waals surface area contributed by atoms with Crippen molar-refractivity contribution in [2.45, 2.75) is 0 Å². The lowest BCUT2D eigenvalue weighted by Gasteiger charge is -2.06. The minimum Gasteiger partial charge on any atom is -0.268 e. The van der Waals surface area contributed by atoms with E-state index >= 15 is 0 Å². The second kappa shape index (κ2) is 5.34. The summed E-state index contributed by atoms with van der Waals surface area (Å²) in [4.78, 5) is 0. The molecule has 100 valence electrons. The highest BCUT2D eigenvalue weighted by Crippen LogP contribution is 2.23. The molecule has 2 aromatic carbocycles. The highest BCUT2D eigenvalue weighted by molar-refractivity contribution is 9.10. The highest BCUT2D eigenvalue weighted by atomic mass is 79.9. The van der Waals surface area contributed by atoms with E-state index in [4.69, 9.17) is 12.2 Å². The normalized spacial score (nSPS) is 10.7. The molecule has 3 rings (SSSR count). The van der Waals surface area contributed by atoms with Crippen molar-refractivity contribution in [1.82, 2.24) is 14.3 Å². The molecule has 0 aliphatic rings. The van der Waals surface area contributed by atoms with Crippen molar-refractivity contribution >= 4 is 28.1 Å². The van der Waals surface area contributed by atoms with E-state index in [9.17, 15) is 0 Å². The topological polar surface area (TPSA) is 22.8 Å². The average molecular weight is 346 g/mol. The zero-order valence-electron chi connectivity index (χ0n) is 10.8. The van der Waals surface area contributed by atoms with Crippen LogP contribution in [0.15, 0.2) is 59.1 Å². The number of benzene rings is 2. The van der Waals surface area contributed by atoms with Crippen molar-refractivity contribution in [1.29, 1.82) is 0 Å². The molecule has 20 heavy (non-hydrogen) atoms. The minimum atomic E-state index is 0.672. The summed E-state index contributed by atoms with van der Waals surface area (Å²) < 4.78 is 5.42. The van der Waals surface area contributed by atoms with Crippen molar-refractivity contribution in [3.63, 3.8) is 0 Å². The van der Waals surface area contributed by atoms with Crippen molar-refractivity contribution in [3.05, 3.63) is 63.8 Å². The second-order valence-electron chi connectivity index (χ2n) is 4.41. The predicted octanol–water partition coefficient (Wildman–Crippen LogP) is 4.37. The SMILES string of the molecule is Cn1nc(-c2ccccc2)n(-c2ccc(Br)cc2)c1=S. The van der Waals surface area contributed by atoms with Gasteiger partial charge in [-0.2, -0.15) is 5.10 Å². The monoisotopic (exact) mass is 345 g/mol. The Labute approximate surface area is 130 Å². The van der Waals surface area contributed by atoms with Gasteiger partial charge < -0.3 is 0 Å². The summed E-state index contributed by atoms with van der Waals surface area (Å²) >= 11 is 8.93. The van der Waals surface area contributed by atoms with E-state index in [1.807, 2.05) is 66.2 Å². The molecule has 0 saturated heterocycles. The highest BCUT2D eigenvalue weighted by Gasteiger charge is 2.12. The molecule has 0 aliphatic heterocycles. The molecule has 0 N–H and O–H groups in total. The van der Waals surface area contributed by atoms with Crippen LogP contribution in [0.2, 0.25) is 0 Å². The summed E-state index contributed by atoms with van der Waals surface area (Å²) in [6, 6.07) is 18.1. The van der Waals surface area contributed by atoms with E-state index in [0.717, 1.165) is 21.5 Å². The van der Waals surface area contributed by atoms with E-state index in [-0.39, 0.29) is 0 Å². The standard InChI is InChI=1S/C15H12BrN3S/c1-18-15(20)19(13-9-7-12(16)8-10-13)14(17-18)11-5-3-2-4-6-11/h2-10H,1H3. The summed E-state index contributed by atoms with van der Waals surface area (Å²) in [5, 5.41) is 4.54. The summed E-state index contributed by atoms with van der Waals surface area (Å²) in [6.07, 6.45) is 0. The van der Waals surface area contributed by atoms with E-state index in [2.05, 4.69) is 21.0 Å². The molecule has 0 atom stereocenters. The Morgan fingerprint density at radius 1 is 1.00 bits per heavy atom. The fourth-order valence-electron chi connectivity index (χ4n) is 2.06. The lowest BCUT2D eigenvalue weighted by atomic mass is 10.2. The summed E-state index contributed by atoms with van der Waals surface area (Å²) in [5.41, 5.74) is 2.05. The van der Waals surface area contributed by atoms with Crippen LogP contribution in [-0.2, 0) is 7.05 Å². The van der Waals surface area contributed by atoms with E-state index in [0.29, 0.717) is 4.77 Å². The molecule has 0 saturated carbocycles. The van der Waals surface area contributed by atoms with Gasteiger partial charge >= 0.3 is 0 Å². The molecule has 5 heteroatoms. The van der Waals surface area contributed by atoms with Gasteiger partial charge in [0.2, 0.25) is 4.77 Å². The van der Waals surface area contributed by atoms with Crippen LogP contribution in [-0.4, -0.2) is 14.3 Å². The maximum absolute atomic E-state index is 5.48. The number of aromatic nitrogens is 3. The molecule has 3 aromatic rings. The first-order chi connectivity index (χ1) is 9.66. The average Bonchev–Trinajstić information content (AvgIpc) is 2.77. The third kappa shape index (κ3) is 2.34. The molecule has 0 aliphatic carbocycles. The van der Waals surface area contributed by atoms with Gasteiger partial charge in [-0.25, -0.2) is 4.68 Å². The zero-order valence-corrected chi connectivity index (χ0v) is 13.2. The van der Waals surface area contributed by atoms with E-state index < -0.39 is 0 Å². The molecule has 1 heterocycles. The number of rotatable bonds is 2. The summed E-state index contributed by atoms with van der Waals surface area (Å²) in [6.45, 7) is 0. The fraction of sp³-hybridized carbons (Fsp3) is 0.0667. The van der Waals surface area contributed by atoms with Gasteiger partial charge in [-0.05, 0) is 36.5 Å². The van der Waals surface area contributed by atoms with Gasteiger partial charge in [0.05, 0.1) is 5.69 Å². The fourth-order valence-corrected chi connectivity index (χ4v) is 2.56. The van der Waals surface area contributed by atoms with Crippen molar-refractivity contribution in [3.8, 4) is 17.1 Å². The van der Waals surface area contributed by atoms with E-state index in [1.54, 1.807) is 4.68 Å². The third-order valence-corrected chi connectivity index (χ3v) is 4.02. The van der Waals surface area contributed by atoms with Crippen LogP contribution >= 0.6 is 28.1 Å². The Kier molecular flexibility index (Phi) is 3.54. The van der Waals surface area contributed by atoms with Crippen molar-refractivity contribution in [2.75, 3.05) is 0 Å². The molecular formula is C15H12BrN3S. The quantitative estimate of drug-likeness (QED) is 0.643. The Balaban J connectivity index is 2.25. The number of hydrogen-bond donors (Lipinski definition) is 0. The Hall–Kier alpha value is -1.72. The van der Waals surface area contributed by atoms with Gasteiger partial charge in [0.25, 0.3) is 0 Å². The molecule has 1 aromatic heterocycles. The largest absolute Gasteiger partial charge is 0.268 e. The van der Waals surface area contributed by atoms with Gasteiger partial charge in [0.1, 0.15) is 0 Å². The summed E-state index contributed by atoms with van der Waals surface area (Å²) in [5.74, 6) is 0.848. The predicted molar refractivity (Wildman–Crippen MR) is 86.5 cm³/mol. The Bertz CT molecular complexity index is 788. The van der Waals surface area contributed by atoms with Crippen molar-refractivity contribution in [2.24, 2.45) is 7.05 Å². The molecule has 0 fully saturated rings.